The fourth-order valence-corrected chi connectivity index (χ4v) is 5.04. The molecule has 5 rings (SSSR count). The lowest BCUT2D eigenvalue weighted by molar-refractivity contribution is -0.116. The van der Waals surface area contributed by atoms with Gasteiger partial charge in [0.25, 0.3) is 0 Å². The Kier molecular flexibility index (Phi) is 5.73. The quantitative estimate of drug-likeness (QED) is 0.419. The van der Waals surface area contributed by atoms with Crippen LogP contribution in [0.15, 0.2) is 78.0 Å². The molecule has 0 fully saturated rings. The molecular formula is C27H25ClN2O3. The molecule has 3 aromatic carbocycles. The van der Waals surface area contributed by atoms with Crippen molar-refractivity contribution in [1.82, 2.24) is 0 Å². The van der Waals surface area contributed by atoms with Crippen LogP contribution < -0.4 is 15.4 Å². The second-order valence-corrected chi connectivity index (χ2v) is 8.76. The summed E-state index contributed by atoms with van der Waals surface area (Å²) in [5, 5.41) is 18.0. The zero-order chi connectivity index (χ0) is 22.9. The largest absolute Gasteiger partial charge is 0.504 e. The molecule has 1 aliphatic heterocycles. The first-order valence-corrected chi connectivity index (χ1v) is 11.5. The summed E-state index contributed by atoms with van der Waals surface area (Å²) in [5.41, 5.74) is 5.28. The van der Waals surface area contributed by atoms with E-state index in [4.69, 9.17) is 16.3 Å². The molecule has 0 bridgehead atoms. The van der Waals surface area contributed by atoms with Crippen molar-refractivity contribution >= 4 is 28.8 Å². The van der Waals surface area contributed by atoms with Crippen LogP contribution in [-0.4, -0.2) is 17.5 Å². The van der Waals surface area contributed by atoms with Crippen molar-refractivity contribution in [2.45, 2.75) is 31.7 Å². The molecule has 0 spiro atoms. The van der Waals surface area contributed by atoms with E-state index in [9.17, 15) is 9.90 Å². The number of rotatable bonds is 4. The van der Waals surface area contributed by atoms with Gasteiger partial charge in [0.15, 0.2) is 17.3 Å². The van der Waals surface area contributed by atoms with E-state index < -0.39 is 0 Å². The highest BCUT2D eigenvalue weighted by Gasteiger charge is 2.36. The van der Waals surface area contributed by atoms with Gasteiger partial charge in [0.2, 0.25) is 0 Å². The molecule has 2 aliphatic rings. The van der Waals surface area contributed by atoms with Crippen molar-refractivity contribution in [3.8, 4) is 11.5 Å². The molecule has 1 heterocycles. The molecule has 2 atom stereocenters. The number of anilines is 2. The lowest BCUT2D eigenvalue weighted by Crippen LogP contribution is -2.27. The summed E-state index contributed by atoms with van der Waals surface area (Å²) in [4.78, 5) is 13.6. The predicted octanol–water partition coefficient (Wildman–Crippen LogP) is 6.42. The number of aromatic hydroxyl groups is 1. The van der Waals surface area contributed by atoms with Crippen LogP contribution in [0.4, 0.5) is 11.4 Å². The number of hydrogen-bond acceptors (Lipinski definition) is 5. The van der Waals surface area contributed by atoms with Crippen LogP contribution in [-0.2, 0) is 4.79 Å². The number of carbonyl (C=O) groups excluding carboxylic acids is 1. The van der Waals surface area contributed by atoms with Crippen LogP contribution in [0.2, 0.25) is 5.02 Å². The first-order chi connectivity index (χ1) is 16.0. The third-order valence-electron chi connectivity index (χ3n) is 6.27. The molecule has 5 nitrogen and oxygen atoms in total. The van der Waals surface area contributed by atoms with Crippen molar-refractivity contribution in [3.63, 3.8) is 0 Å². The van der Waals surface area contributed by atoms with Crippen LogP contribution in [0.3, 0.4) is 0 Å². The van der Waals surface area contributed by atoms with Crippen molar-refractivity contribution in [3.05, 3.63) is 94.1 Å². The average molecular weight is 461 g/mol. The van der Waals surface area contributed by atoms with Crippen molar-refractivity contribution < 1.29 is 14.6 Å². The number of allylic oxidation sites excluding steroid dienone is 1. The molecule has 0 radical (unpaired) electrons. The normalized spacial score (nSPS) is 19.6. The first-order valence-electron chi connectivity index (χ1n) is 11.1. The van der Waals surface area contributed by atoms with E-state index in [1.165, 1.54) is 0 Å². The number of phenols is 1. The lowest BCUT2D eigenvalue weighted by Gasteiger charge is -2.30. The number of carbonyl (C=O) groups is 1. The molecule has 0 aromatic heterocycles. The second-order valence-electron chi connectivity index (χ2n) is 8.35. The topological polar surface area (TPSA) is 70.6 Å². The highest BCUT2D eigenvalue weighted by atomic mass is 35.5. The molecule has 0 amide bonds. The molecule has 168 valence electrons. The van der Waals surface area contributed by atoms with Gasteiger partial charge < -0.3 is 20.5 Å². The van der Waals surface area contributed by atoms with Crippen LogP contribution in [0, 0.1) is 0 Å². The summed E-state index contributed by atoms with van der Waals surface area (Å²) in [7, 11) is 0. The number of phenolic OH excluding ortho intramolecular Hbond substituents is 1. The summed E-state index contributed by atoms with van der Waals surface area (Å²) < 4.78 is 5.61. The fourth-order valence-electron chi connectivity index (χ4n) is 4.75. The van der Waals surface area contributed by atoms with Gasteiger partial charge in [0.05, 0.1) is 24.0 Å². The predicted molar refractivity (Wildman–Crippen MR) is 131 cm³/mol. The fraction of sp³-hybridized carbons (Fsp3) is 0.222. The number of hydrogen-bond donors (Lipinski definition) is 3. The number of Topliss-reactive ketones (excluding diaryl/α,β-unsaturated/α-hetero) is 1. The smallest absolute Gasteiger partial charge is 0.163 e. The number of halogens is 1. The lowest BCUT2D eigenvalue weighted by atomic mass is 9.78. The Hall–Kier alpha value is -3.44. The maximum atomic E-state index is 13.6. The Morgan fingerprint density at radius 2 is 1.79 bits per heavy atom. The van der Waals surface area contributed by atoms with Crippen LogP contribution >= 0.6 is 11.6 Å². The number of nitrogens with one attached hydrogen (secondary N) is 2. The third-order valence-corrected chi connectivity index (χ3v) is 6.62. The first kappa shape index (κ1) is 21.4. The Morgan fingerprint density at radius 1 is 1.03 bits per heavy atom. The number of para-hydroxylation sites is 2. The SMILES string of the molecule is CCOc1cc([C@@H]2Nc3ccccc3NC3=C2C(=O)C[C@@H](c2ccccc2Cl)C3)ccc1O. The van der Waals surface area contributed by atoms with Gasteiger partial charge in [-0.2, -0.15) is 0 Å². The maximum Gasteiger partial charge on any atom is 0.163 e. The maximum absolute atomic E-state index is 13.6. The summed E-state index contributed by atoms with van der Waals surface area (Å²) in [5.74, 6) is 0.560. The Bertz CT molecular complexity index is 1250. The van der Waals surface area contributed by atoms with Gasteiger partial charge in [0.1, 0.15) is 0 Å². The van der Waals surface area contributed by atoms with Crippen molar-refractivity contribution in [2.24, 2.45) is 0 Å². The Balaban J connectivity index is 1.62. The molecule has 3 aromatic rings. The molecule has 0 saturated carbocycles. The van der Waals surface area contributed by atoms with Gasteiger partial charge in [0, 0.05) is 22.7 Å². The van der Waals surface area contributed by atoms with Crippen LogP contribution in [0.25, 0.3) is 0 Å². The standard InChI is InChI=1S/C27H25ClN2O3/c1-2-33-25-15-16(11-12-23(25)31)27-26-22(29-20-9-5-6-10-21(20)30-27)13-17(14-24(26)32)18-7-3-4-8-19(18)28/h3-12,15,17,27,29-31H,2,13-14H2,1H3/t17-,27-/m0/s1. The molecular weight excluding hydrogens is 436 g/mol. The molecule has 0 saturated heterocycles. The van der Waals surface area contributed by atoms with E-state index in [2.05, 4.69) is 10.6 Å². The highest BCUT2D eigenvalue weighted by Crippen LogP contribution is 2.46. The molecule has 33 heavy (non-hydrogen) atoms. The van der Waals surface area contributed by atoms with E-state index in [0.717, 1.165) is 28.2 Å². The second kappa shape index (κ2) is 8.83. The van der Waals surface area contributed by atoms with E-state index in [1.54, 1.807) is 6.07 Å². The highest BCUT2D eigenvalue weighted by molar-refractivity contribution is 6.31. The molecule has 6 heteroatoms. The number of ketones is 1. The minimum absolute atomic E-state index is 0.00201. The number of benzene rings is 3. The summed E-state index contributed by atoms with van der Waals surface area (Å²) in [6.45, 7) is 2.31. The zero-order valence-corrected chi connectivity index (χ0v) is 19.0. The monoisotopic (exact) mass is 460 g/mol. The summed E-state index contributed by atoms with van der Waals surface area (Å²) in [6, 6.07) is 20.5. The third kappa shape index (κ3) is 4.05. The molecule has 0 unspecified atom stereocenters. The van der Waals surface area contributed by atoms with Crippen molar-refractivity contribution in [2.75, 3.05) is 17.2 Å². The van der Waals surface area contributed by atoms with E-state index >= 15 is 0 Å². The van der Waals surface area contributed by atoms with Crippen molar-refractivity contribution in [1.29, 1.82) is 0 Å². The Labute approximate surface area is 198 Å². The zero-order valence-electron chi connectivity index (χ0n) is 18.3. The van der Waals surface area contributed by atoms with Gasteiger partial charge in [-0.05, 0) is 60.7 Å². The van der Waals surface area contributed by atoms with Gasteiger partial charge >= 0.3 is 0 Å². The van der Waals surface area contributed by atoms with Crippen LogP contribution in [0.5, 0.6) is 11.5 Å². The van der Waals surface area contributed by atoms with E-state index in [0.29, 0.717) is 35.8 Å². The van der Waals surface area contributed by atoms with Gasteiger partial charge in [-0.3, -0.25) is 4.79 Å². The average Bonchev–Trinajstić information content (AvgIpc) is 2.98. The van der Waals surface area contributed by atoms with E-state index in [1.807, 2.05) is 67.6 Å². The molecule has 3 N–H and O–H groups in total. The van der Waals surface area contributed by atoms with Gasteiger partial charge in [-0.25, -0.2) is 0 Å². The minimum atomic E-state index is -0.379. The minimum Gasteiger partial charge on any atom is -0.504 e. The summed E-state index contributed by atoms with van der Waals surface area (Å²) in [6.07, 6.45) is 1.06. The number of fused-ring (bicyclic) bond motifs is 1. The van der Waals surface area contributed by atoms with Gasteiger partial charge in [-0.15, -0.1) is 0 Å². The summed E-state index contributed by atoms with van der Waals surface area (Å²) >= 11 is 6.48. The number of ether oxygens (including phenoxy) is 1. The van der Waals surface area contributed by atoms with E-state index in [-0.39, 0.29) is 23.5 Å². The van der Waals surface area contributed by atoms with Gasteiger partial charge in [-0.1, -0.05) is 48.0 Å². The molecule has 1 aliphatic carbocycles. The van der Waals surface area contributed by atoms with Crippen LogP contribution in [0.1, 0.15) is 42.9 Å². The Morgan fingerprint density at radius 3 is 2.58 bits per heavy atom.